The third kappa shape index (κ3) is 2.69. The molecule has 5 nitrogen and oxygen atoms in total. The van der Waals surface area contributed by atoms with E-state index in [0.29, 0.717) is 0 Å². The van der Waals surface area contributed by atoms with Gasteiger partial charge in [0.15, 0.2) is 5.82 Å². The quantitative estimate of drug-likeness (QED) is 0.900. The van der Waals surface area contributed by atoms with E-state index in [-0.39, 0.29) is 25.8 Å². The van der Waals surface area contributed by atoms with Gasteiger partial charge < -0.3 is 9.84 Å². The van der Waals surface area contributed by atoms with Crippen molar-refractivity contribution in [2.24, 2.45) is 0 Å². The van der Waals surface area contributed by atoms with E-state index < -0.39 is 38.7 Å². The van der Waals surface area contributed by atoms with Crippen molar-refractivity contribution in [3.63, 3.8) is 0 Å². The van der Waals surface area contributed by atoms with Crippen molar-refractivity contribution in [2.75, 3.05) is 19.7 Å². The highest BCUT2D eigenvalue weighted by atomic mass is 32.2. The van der Waals surface area contributed by atoms with E-state index in [1.54, 1.807) is 6.92 Å². The van der Waals surface area contributed by atoms with Gasteiger partial charge in [-0.1, -0.05) is 0 Å². The molecule has 20 heavy (non-hydrogen) atoms. The van der Waals surface area contributed by atoms with Crippen molar-refractivity contribution in [2.45, 2.75) is 24.5 Å². The van der Waals surface area contributed by atoms with Gasteiger partial charge in [-0.15, -0.1) is 0 Å². The summed E-state index contributed by atoms with van der Waals surface area (Å²) in [4.78, 5) is -0.628. The first-order valence-corrected chi connectivity index (χ1v) is 7.51. The summed E-state index contributed by atoms with van der Waals surface area (Å²) in [7, 11) is -4.07. The lowest BCUT2D eigenvalue weighted by atomic mass is 10.2. The van der Waals surface area contributed by atoms with Gasteiger partial charge in [0.2, 0.25) is 10.0 Å². The lowest BCUT2D eigenvalue weighted by Crippen LogP contribution is -2.44. The molecule has 112 valence electrons. The second-order valence-corrected chi connectivity index (χ2v) is 6.45. The van der Waals surface area contributed by atoms with Crippen LogP contribution in [0.25, 0.3) is 0 Å². The van der Waals surface area contributed by atoms with Crippen molar-refractivity contribution in [1.29, 1.82) is 0 Å². The van der Waals surface area contributed by atoms with Crippen LogP contribution >= 0.6 is 0 Å². The second-order valence-electron chi connectivity index (χ2n) is 4.54. The van der Waals surface area contributed by atoms with Crippen LogP contribution in [0.2, 0.25) is 0 Å². The van der Waals surface area contributed by atoms with Crippen LogP contribution < -0.4 is 0 Å². The maximum absolute atomic E-state index is 14.0. The smallest absolute Gasteiger partial charge is 0.246 e. The molecule has 0 amide bonds. The normalized spacial score (nSPS) is 21.1. The Kier molecular flexibility index (Phi) is 4.38. The number of aliphatic hydroxyl groups is 1. The minimum Gasteiger partial charge on any atom is -0.391 e. The first kappa shape index (κ1) is 15.3. The molecule has 1 N–H and O–H groups in total. The number of hydrogen-bond acceptors (Lipinski definition) is 4. The third-order valence-corrected chi connectivity index (χ3v) is 5.01. The van der Waals surface area contributed by atoms with Crippen molar-refractivity contribution in [3.8, 4) is 0 Å². The predicted molar refractivity (Wildman–Crippen MR) is 66.5 cm³/mol. The molecule has 0 aliphatic carbocycles. The summed E-state index contributed by atoms with van der Waals surface area (Å²) >= 11 is 0. The molecule has 1 unspecified atom stereocenters. The minimum absolute atomic E-state index is 0.105. The van der Waals surface area contributed by atoms with Gasteiger partial charge >= 0.3 is 0 Å². The minimum atomic E-state index is -4.07. The standard InChI is InChI=1S/C12H15F2NO4S/c1-8-6-15(4-5-19-8)20(17,18)11-3-2-10(13)9(7-16)12(11)14/h2-3,8,16H,4-7H2,1H3. The number of aliphatic hydroxyl groups excluding tert-OH is 1. The van der Waals surface area contributed by atoms with Crippen molar-refractivity contribution in [1.82, 2.24) is 4.31 Å². The fourth-order valence-electron chi connectivity index (χ4n) is 2.06. The lowest BCUT2D eigenvalue weighted by molar-refractivity contribution is 0.0101. The number of benzene rings is 1. The SMILES string of the molecule is CC1CN(S(=O)(=O)c2ccc(F)c(CO)c2F)CCO1. The largest absolute Gasteiger partial charge is 0.391 e. The molecule has 1 aliphatic rings. The monoisotopic (exact) mass is 307 g/mol. The van der Waals surface area contributed by atoms with Crippen LogP contribution in [0.3, 0.4) is 0 Å². The number of halogens is 2. The Balaban J connectivity index is 2.44. The van der Waals surface area contributed by atoms with E-state index in [0.717, 1.165) is 16.4 Å². The summed E-state index contributed by atoms with van der Waals surface area (Å²) in [6, 6.07) is 1.71. The van der Waals surface area contributed by atoms with Crippen LogP contribution in [0.5, 0.6) is 0 Å². The third-order valence-electron chi connectivity index (χ3n) is 3.13. The van der Waals surface area contributed by atoms with E-state index in [9.17, 15) is 17.2 Å². The topological polar surface area (TPSA) is 66.8 Å². The average Bonchev–Trinajstić information content (AvgIpc) is 2.39. The Labute approximate surface area is 115 Å². The van der Waals surface area contributed by atoms with E-state index in [1.165, 1.54) is 0 Å². The van der Waals surface area contributed by atoms with E-state index >= 15 is 0 Å². The molecule has 0 spiro atoms. The molecule has 0 bridgehead atoms. The molecule has 1 fully saturated rings. The molecule has 1 saturated heterocycles. The molecule has 1 aromatic carbocycles. The number of hydrogen-bond donors (Lipinski definition) is 1. The number of nitrogens with zero attached hydrogens (tertiary/aromatic N) is 1. The summed E-state index contributed by atoms with van der Waals surface area (Å²) in [5, 5.41) is 8.93. The maximum atomic E-state index is 14.0. The van der Waals surface area contributed by atoms with Crippen LogP contribution in [0.1, 0.15) is 12.5 Å². The summed E-state index contributed by atoms with van der Waals surface area (Å²) in [6.45, 7) is 1.24. The van der Waals surface area contributed by atoms with Crippen LogP contribution in [0.4, 0.5) is 8.78 Å². The van der Waals surface area contributed by atoms with Gasteiger partial charge in [0.25, 0.3) is 0 Å². The lowest BCUT2D eigenvalue weighted by Gasteiger charge is -2.30. The molecule has 1 aliphatic heterocycles. The summed E-state index contributed by atoms with van der Waals surface area (Å²) in [6.07, 6.45) is -0.292. The number of morpholine rings is 1. The molecule has 1 atom stereocenters. The number of sulfonamides is 1. The molecule has 0 radical (unpaired) electrons. The zero-order valence-electron chi connectivity index (χ0n) is 10.8. The van der Waals surface area contributed by atoms with Crippen LogP contribution in [0.15, 0.2) is 17.0 Å². The summed E-state index contributed by atoms with van der Waals surface area (Å²) in [5.41, 5.74) is -0.646. The highest BCUT2D eigenvalue weighted by molar-refractivity contribution is 7.89. The number of rotatable bonds is 3. The Hall–Kier alpha value is -1.09. The predicted octanol–water partition coefficient (Wildman–Crippen LogP) is 0.867. The molecule has 0 saturated carbocycles. The van der Waals surface area contributed by atoms with Crippen molar-refractivity contribution < 1.29 is 27.0 Å². The van der Waals surface area contributed by atoms with E-state index in [4.69, 9.17) is 9.84 Å². The van der Waals surface area contributed by atoms with Gasteiger partial charge in [0.05, 0.1) is 24.9 Å². The Bertz CT molecular complexity index is 606. The van der Waals surface area contributed by atoms with Gasteiger partial charge in [-0.25, -0.2) is 17.2 Å². The van der Waals surface area contributed by atoms with Crippen LogP contribution in [-0.2, 0) is 21.4 Å². The van der Waals surface area contributed by atoms with Gasteiger partial charge in [-0.3, -0.25) is 0 Å². The van der Waals surface area contributed by atoms with Crippen LogP contribution in [0, 0.1) is 11.6 Å². The van der Waals surface area contributed by atoms with Gasteiger partial charge in [0.1, 0.15) is 10.7 Å². The highest BCUT2D eigenvalue weighted by Crippen LogP contribution is 2.25. The molecular formula is C12H15F2NO4S. The maximum Gasteiger partial charge on any atom is 0.246 e. The molecule has 0 aromatic heterocycles. The van der Waals surface area contributed by atoms with E-state index in [1.807, 2.05) is 0 Å². The molecule has 1 heterocycles. The molecule has 8 heteroatoms. The Morgan fingerprint density at radius 1 is 1.45 bits per heavy atom. The van der Waals surface area contributed by atoms with Crippen molar-refractivity contribution in [3.05, 3.63) is 29.3 Å². The fourth-order valence-corrected chi connectivity index (χ4v) is 3.65. The summed E-state index contributed by atoms with van der Waals surface area (Å²) in [5.74, 6) is -2.22. The van der Waals surface area contributed by atoms with E-state index in [2.05, 4.69) is 0 Å². The Morgan fingerprint density at radius 3 is 2.75 bits per heavy atom. The zero-order chi connectivity index (χ0) is 14.9. The first-order chi connectivity index (χ1) is 9.37. The zero-order valence-corrected chi connectivity index (χ0v) is 11.7. The first-order valence-electron chi connectivity index (χ1n) is 6.07. The van der Waals surface area contributed by atoms with Gasteiger partial charge in [-0.05, 0) is 19.1 Å². The molecular weight excluding hydrogens is 292 g/mol. The fraction of sp³-hybridized carbons (Fsp3) is 0.500. The second kappa shape index (κ2) is 5.72. The van der Waals surface area contributed by atoms with Gasteiger partial charge in [0, 0.05) is 13.1 Å². The summed E-state index contributed by atoms with van der Waals surface area (Å²) < 4.78 is 58.4. The molecule has 2 rings (SSSR count). The van der Waals surface area contributed by atoms with Crippen molar-refractivity contribution >= 4 is 10.0 Å². The number of ether oxygens (including phenoxy) is 1. The van der Waals surface area contributed by atoms with Crippen LogP contribution in [-0.4, -0.2) is 43.6 Å². The highest BCUT2D eigenvalue weighted by Gasteiger charge is 2.32. The van der Waals surface area contributed by atoms with Gasteiger partial charge in [-0.2, -0.15) is 4.31 Å². The molecule has 1 aromatic rings. The average molecular weight is 307 g/mol. The Morgan fingerprint density at radius 2 is 2.15 bits per heavy atom.